The number of aromatic nitrogens is 3. The summed E-state index contributed by atoms with van der Waals surface area (Å²) in [5, 5.41) is 4.27. The Morgan fingerprint density at radius 1 is 0.970 bits per heavy atom. The molecule has 5 nitrogen and oxygen atoms in total. The van der Waals surface area contributed by atoms with Gasteiger partial charge in [0.05, 0.1) is 11.7 Å². The second-order valence-corrected chi connectivity index (χ2v) is 9.05. The van der Waals surface area contributed by atoms with Crippen molar-refractivity contribution in [2.24, 2.45) is 0 Å². The van der Waals surface area contributed by atoms with Crippen LogP contribution in [0.2, 0.25) is 0 Å². The first-order valence-corrected chi connectivity index (χ1v) is 11.7. The van der Waals surface area contributed by atoms with Crippen LogP contribution in [-0.4, -0.2) is 19.6 Å². The Bertz CT molecular complexity index is 1220. The fraction of sp³-hybridized carbons (Fsp3) is 0.222. The van der Waals surface area contributed by atoms with Crippen molar-refractivity contribution in [3.05, 3.63) is 114 Å². The first-order valence-electron chi connectivity index (χ1n) is 11.3. The van der Waals surface area contributed by atoms with Crippen LogP contribution in [0.1, 0.15) is 54.4 Å². The molecule has 33 heavy (non-hydrogen) atoms. The third-order valence-corrected chi connectivity index (χ3v) is 6.49. The summed E-state index contributed by atoms with van der Waals surface area (Å²) in [6, 6.07) is 23.0. The number of thiocarbonyl (C=S) groups is 1. The topological polar surface area (TPSA) is 46.0 Å². The summed E-state index contributed by atoms with van der Waals surface area (Å²) in [6.45, 7) is 5.17. The maximum absolute atomic E-state index is 5.88. The molecule has 3 aromatic heterocycles. The van der Waals surface area contributed by atoms with E-state index in [-0.39, 0.29) is 12.1 Å². The van der Waals surface area contributed by atoms with Crippen LogP contribution in [0.4, 0.5) is 5.69 Å². The third-order valence-electron chi connectivity index (χ3n) is 6.18. The fourth-order valence-corrected chi connectivity index (χ4v) is 4.83. The first-order chi connectivity index (χ1) is 16.1. The van der Waals surface area contributed by atoms with Gasteiger partial charge in [0.1, 0.15) is 6.04 Å². The molecule has 1 aromatic carbocycles. The van der Waals surface area contributed by atoms with Crippen LogP contribution >= 0.6 is 12.2 Å². The van der Waals surface area contributed by atoms with Gasteiger partial charge in [-0.2, -0.15) is 0 Å². The third kappa shape index (κ3) is 4.26. The van der Waals surface area contributed by atoms with E-state index in [1.165, 1.54) is 11.3 Å². The van der Waals surface area contributed by atoms with Crippen molar-refractivity contribution < 1.29 is 0 Å². The van der Waals surface area contributed by atoms with Gasteiger partial charge in [-0.05, 0) is 71.7 Å². The van der Waals surface area contributed by atoms with Gasteiger partial charge in [-0.15, -0.1) is 0 Å². The predicted octanol–water partition coefficient (Wildman–Crippen LogP) is 5.63. The smallest absolute Gasteiger partial charge is 0.174 e. The van der Waals surface area contributed by atoms with E-state index >= 15 is 0 Å². The number of hydrogen-bond acceptors (Lipinski definition) is 3. The second kappa shape index (κ2) is 9.16. The monoisotopic (exact) mass is 453 g/mol. The van der Waals surface area contributed by atoms with Gasteiger partial charge in [-0.25, -0.2) is 0 Å². The summed E-state index contributed by atoms with van der Waals surface area (Å²) < 4.78 is 2.28. The molecule has 1 aliphatic rings. The molecule has 6 heteroatoms. The van der Waals surface area contributed by atoms with Crippen molar-refractivity contribution in [3.63, 3.8) is 0 Å². The van der Waals surface area contributed by atoms with Gasteiger partial charge in [0, 0.05) is 42.7 Å². The van der Waals surface area contributed by atoms with E-state index in [1.54, 1.807) is 6.20 Å². The van der Waals surface area contributed by atoms with Crippen LogP contribution in [0.15, 0.2) is 91.5 Å². The van der Waals surface area contributed by atoms with Crippen molar-refractivity contribution in [2.75, 3.05) is 4.90 Å². The van der Waals surface area contributed by atoms with Gasteiger partial charge in [-0.1, -0.05) is 38.1 Å². The number of nitrogens with zero attached hydrogens (tertiary/aromatic N) is 4. The zero-order valence-corrected chi connectivity index (χ0v) is 19.6. The minimum atomic E-state index is -0.0639. The summed E-state index contributed by atoms with van der Waals surface area (Å²) in [5.41, 5.74) is 5.70. The SMILES string of the molecule is CC(C)c1ccc(N2C(=S)NC(c3ccccn3)C2c2cccn2Cc2cccnc2)cc1. The molecule has 0 aliphatic carbocycles. The lowest BCUT2D eigenvalue weighted by Gasteiger charge is -2.29. The predicted molar refractivity (Wildman–Crippen MR) is 136 cm³/mol. The Morgan fingerprint density at radius 3 is 2.52 bits per heavy atom. The van der Waals surface area contributed by atoms with E-state index in [4.69, 9.17) is 12.2 Å². The lowest BCUT2D eigenvalue weighted by atomic mass is 9.99. The molecule has 4 heterocycles. The standard InChI is InChI=1S/C27H27N5S/c1-19(2)21-10-12-22(13-11-21)32-26(25(30-27(32)33)23-8-3-4-15-29-23)24-9-6-16-31(24)18-20-7-5-14-28-17-20/h3-17,19,25-26H,18H2,1-2H3,(H,30,33). The molecule has 4 aromatic rings. The summed E-state index contributed by atoms with van der Waals surface area (Å²) in [7, 11) is 0. The number of nitrogens with one attached hydrogen (secondary N) is 1. The van der Waals surface area contributed by atoms with E-state index in [1.807, 2.05) is 30.6 Å². The van der Waals surface area contributed by atoms with E-state index < -0.39 is 0 Å². The highest BCUT2D eigenvalue weighted by atomic mass is 32.1. The summed E-state index contributed by atoms with van der Waals surface area (Å²) in [6.07, 6.45) is 7.68. The molecule has 1 saturated heterocycles. The van der Waals surface area contributed by atoms with Crippen LogP contribution in [-0.2, 0) is 6.54 Å². The Labute approximate surface area is 200 Å². The average Bonchev–Trinajstić information content (AvgIpc) is 3.44. The summed E-state index contributed by atoms with van der Waals surface area (Å²) >= 11 is 5.88. The number of rotatable bonds is 6. The van der Waals surface area contributed by atoms with E-state index in [2.05, 4.69) is 93.3 Å². The molecule has 0 spiro atoms. The molecular formula is C27H27N5S. The Morgan fingerprint density at radius 2 is 1.82 bits per heavy atom. The molecule has 0 radical (unpaired) electrons. The molecular weight excluding hydrogens is 426 g/mol. The lowest BCUT2D eigenvalue weighted by molar-refractivity contribution is 0.533. The van der Waals surface area contributed by atoms with Crippen LogP contribution in [0.25, 0.3) is 0 Å². The molecule has 5 rings (SSSR count). The van der Waals surface area contributed by atoms with Crippen molar-refractivity contribution >= 4 is 23.0 Å². The maximum Gasteiger partial charge on any atom is 0.174 e. The van der Waals surface area contributed by atoms with Gasteiger partial charge in [0.25, 0.3) is 0 Å². The number of pyridine rings is 2. The Hall–Kier alpha value is -3.51. The molecule has 1 fully saturated rings. The lowest BCUT2D eigenvalue weighted by Crippen LogP contribution is -2.30. The second-order valence-electron chi connectivity index (χ2n) is 8.67. The largest absolute Gasteiger partial charge is 0.351 e. The minimum Gasteiger partial charge on any atom is -0.351 e. The molecule has 2 atom stereocenters. The Kier molecular flexibility index (Phi) is 5.92. The highest BCUT2D eigenvalue weighted by Crippen LogP contribution is 2.42. The average molecular weight is 454 g/mol. The summed E-state index contributed by atoms with van der Waals surface area (Å²) in [4.78, 5) is 11.2. The zero-order chi connectivity index (χ0) is 22.8. The number of benzene rings is 1. The van der Waals surface area contributed by atoms with Crippen LogP contribution in [0, 0.1) is 0 Å². The van der Waals surface area contributed by atoms with Crippen molar-refractivity contribution in [1.82, 2.24) is 19.9 Å². The molecule has 0 bridgehead atoms. The maximum atomic E-state index is 5.88. The summed E-state index contributed by atoms with van der Waals surface area (Å²) in [5.74, 6) is 0.483. The fourth-order valence-electron chi connectivity index (χ4n) is 4.48. The van der Waals surface area contributed by atoms with E-state index in [0.717, 1.165) is 23.5 Å². The molecule has 1 aliphatic heterocycles. The highest BCUT2D eigenvalue weighted by molar-refractivity contribution is 7.80. The Balaban J connectivity index is 1.58. The van der Waals surface area contributed by atoms with Crippen molar-refractivity contribution in [1.29, 1.82) is 0 Å². The molecule has 0 saturated carbocycles. The van der Waals surface area contributed by atoms with Gasteiger partial charge < -0.3 is 14.8 Å². The normalized spacial score (nSPS) is 18.0. The van der Waals surface area contributed by atoms with Gasteiger partial charge in [0.2, 0.25) is 0 Å². The number of anilines is 1. The van der Waals surface area contributed by atoms with Gasteiger partial charge in [-0.3, -0.25) is 9.97 Å². The van der Waals surface area contributed by atoms with Crippen LogP contribution in [0.5, 0.6) is 0 Å². The highest BCUT2D eigenvalue weighted by Gasteiger charge is 2.42. The molecule has 166 valence electrons. The van der Waals surface area contributed by atoms with E-state index in [9.17, 15) is 0 Å². The minimum absolute atomic E-state index is 0.0380. The van der Waals surface area contributed by atoms with Gasteiger partial charge >= 0.3 is 0 Å². The molecule has 1 N–H and O–H groups in total. The van der Waals surface area contributed by atoms with Crippen LogP contribution in [0.3, 0.4) is 0 Å². The molecule has 2 unspecified atom stereocenters. The van der Waals surface area contributed by atoms with Crippen molar-refractivity contribution in [2.45, 2.75) is 38.4 Å². The number of hydrogen-bond donors (Lipinski definition) is 1. The van der Waals surface area contributed by atoms with E-state index in [0.29, 0.717) is 11.0 Å². The first kappa shape index (κ1) is 21.3. The van der Waals surface area contributed by atoms with Crippen molar-refractivity contribution in [3.8, 4) is 0 Å². The quantitative estimate of drug-likeness (QED) is 0.384. The van der Waals surface area contributed by atoms with Gasteiger partial charge in [0.15, 0.2) is 5.11 Å². The van der Waals surface area contributed by atoms with Crippen LogP contribution < -0.4 is 10.2 Å². The zero-order valence-electron chi connectivity index (χ0n) is 18.8. The molecule has 0 amide bonds.